The van der Waals surface area contributed by atoms with Crippen LogP contribution in [0.15, 0.2) is 0 Å². The van der Waals surface area contributed by atoms with Crippen LogP contribution in [0.5, 0.6) is 0 Å². The van der Waals surface area contributed by atoms with Crippen LogP contribution in [0.2, 0.25) is 0 Å². The number of nitrogens with zero attached hydrogens (tertiary/aromatic N) is 1. The van der Waals surface area contributed by atoms with Gasteiger partial charge in [0.1, 0.15) is 24.2 Å². The van der Waals surface area contributed by atoms with Crippen molar-refractivity contribution in [1.82, 2.24) is 31.5 Å². The quantitative estimate of drug-likeness (QED) is 0.0343. The van der Waals surface area contributed by atoms with Crippen LogP contribution >= 0.6 is 11.8 Å². The number of rotatable bonds is 20. The van der Waals surface area contributed by atoms with E-state index in [2.05, 4.69) is 26.6 Å². The summed E-state index contributed by atoms with van der Waals surface area (Å²) >= 11 is 1.40. The van der Waals surface area contributed by atoms with Crippen molar-refractivity contribution in [3.63, 3.8) is 0 Å². The Hall–Kier alpha value is -3.84. The van der Waals surface area contributed by atoms with Crippen LogP contribution < -0.4 is 43.8 Å². The minimum Gasteiger partial charge on any atom is -0.480 e. The summed E-state index contributed by atoms with van der Waals surface area (Å²) in [5.41, 5.74) is 16.6. The minimum absolute atomic E-state index is 0.141. The van der Waals surface area contributed by atoms with E-state index in [0.717, 1.165) is 0 Å². The Balaban J connectivity index is 2.95. The summed E-state index contributed by atoms with van der Waals surface area (Å²) in [4.78, 5) is 65.2. The zero-order valence-electron chi connectivity index (χ0n) is 24.9. The zero-order chi connectivity index (χ0) is 33.2. The first-order valence-electron chi connectivity index (χ1n) is 14.3. The van der Waals surface area contributed by atoms with E-state index in [0.29, 0.717) is 31.6 Å². The number of aliphatic hydroxyl groups is 1. The Morgan fingerprint density at radius 1 is 0.909 bits per heavy atom. The van der Waals surface area contributed by atoms with E-state index in [9.17, 15) is 34.2 Å². The standard InChI is InChI=1S/C25H47N11O7S/c1-44-12-8-16(23(42)43)34-20(39)17(13-37)35-21(40)18-7-4-11-36(18)22(41)15(6-3-10-32-25(29)30)33-19(38)14(26)5-2-9-31-24(27)28/h14-18,37H,2-13,26H2,1H3,(H,33,38)(H,34,39)(H,35,40)(H,42,43)(H4,27,28,31)(H4,29,30,32)/t14-,15-,16-,17-,18-/m0/s1. The van der Waals surface area contributed by atoms with Gasteiger partial charge in [-0.25, -0.2) is 4.79 Å². The van der Waals surface area contributed by atoms with Crippen molar-refractivity contribution in [2.24, 2.45) is 17.2 Å². The molecule has 0 radical (unpaired) electrons. The van der Waals surface area contributed by atoms with E-state index in [1.807, 2.05) is 0 Å². The van der Waals surface area contributed by atoms with Crippen LogP contribution in [-0.4, -0.2) is 125 Å². The van der Waals surface area contributed by atoms with Crippen molar-refractivity contribution in [1.29, 1.82) is 10.8 Å². The zero-order valence-corrected chi connectivity index (χ0v) is 25.7. The fraction of sp³-hybridized carbons (Fsp3) is 0.720. The molecule has 0 bridgehead atoms. The predicted octanol–water partition coefficient (Wildman–Crippen LogP) is -3.88. The van der Waals surface area contributed by atoms with E-state index in [-0.39, 0.29) is 50.7 Å². The molecule has 0 aromatic heterocycles. The molecule has 0 aliphatic carbocycles. The van der Waals surface area contributed by atoms with Gasteiger partial charge in [-0.1, -0.05) is 0 Å². The van der Waals surface area contributed by atoms with E-state index in [4.69, 9.17) is 28.0 Å². The Morgan fingerprint density at radius 2 is 1.50 bits per heavy atom. The molecule has 18 nitrogen and oxygen atoms in total. The maximum absolute atomic E-state index is 13.7. The van der Waals surface area contributed by atoms with Gasteiger partial charge in [0.15, 0.2) is 11.9 Å². The third-order valence-corrected chi connectivity index (χ3v) is 7.47. The van der Waals surface area contributed by atoms with Crippen LogP contribution in [0.3, 0.4) is 0 Å². The minimum atomic E-state index is -1.44. The molecular formula is C25H47N11O7S. The number of carboxylic acid groups (broad SMARTS) is 1. The van der Waals surface area contributed by atoms with Crippen LogP contribution in [0.1, 0.15) is 44.9 Å². The first kappa shape index (κ1) is 38.2. The van der Waals surface area contributed by atoms with Gasteiger partial charge in [-0.15, -0.1) is 0 Å². The largest absolute Gasteiger partial charge is 0.480 e. The first-order chi connectivity index (χ1) is 20.8. The molecule has 1 rings (SSSR count). The summed E-state index contributed by atoms with van der Waals surface area (Å²) in [6.45, 7) is -0.0108. The molecule has 0 unspecified atom stereocenters. The summed E-state index contributed by atoms with van der Waals surface area (Å²) in [6, 6.07) is -5.67. The van der Waals surface area contributed by atoms with Gasteiger partial charge in [-0.2, -0.15) is 11.8 Å². The number of thioether (sulfide) groups is 1. The number of carbonyl (C=O) groups excluding carboxylic acids is 4. The highest BCUT2D eigenvalue weighted by molar-refractivity contribution is 7.98. The molecule has 1 heterocycles. The molecule has 0 saturated carbocycles. The van der Waals surface area contributed by atoms with E-state index in [1.165, 1.54) is 16.7 Å². The number of hydrogen-bond donors (Lipinski definition) is 12. The second-order valence-electron chi connectivity index (χ2n) is 10.2. The summed E-state index contributed by atoms with van der Waals surface area (Å²) in [5.74, 6) is -3.96. The second kappa shape index (κ2) is 20.2. The van der Waals surface area contributed by atoms with Gasteiger partial charge in [0.05, 0.1) is 12.6 Å². The lowest BCUT2D eigenvalue weighted by Gasteiger charge is -2.30. The molecule has 0 spiro atoms. The average molecular weight is 646 g/mol. The molecule has 1 aliphatic rings. The number of aliphatic hydroxyl groups excluding tert-OH is 1. The normalized spacial score (nSPS) is 17.0. The number of aliphatic carboxylic acids is 1. The van der Waals surface area contributed by atoms with Gasteiger partial charge in [0.25, 0.3) is 0 Å². The summed E-state index contributed by atoms with van der Waals surface area (Å²) < 4.78 is 0. The summed E-state index contributed by atoms with van der Waals surface area (Å²) in [6.07, 6.45) is 3.83. The number of carbonyl (C=O) groups is 5. The molecule has 0 aromatic carbocycles. The maximum Gasteiger partial charge on any atom is 0.326 e. The SMILES string of the molecule is CSCC[C@H](NC(=O)[C@H](CO)NC(=O)[C@@H]1CCCN1C(=O)[C@H](CCCNC(=N)N)NC(=O)[C@@H](N)CCCNC(=N)N)C(=O)O. The van der Waals surface area contributed by atoms with Crippen molar-refractivity contribution in [3.8, 4) is 0 Å². The van der Waals surface area contributed by atoms with Gasteiger partial charge in [0, 0.05) is 19.6 Å². The third-order valence-electron chi connectivity index (χ3n) is 6.82. The molecule has 250 valence electrons. The Bertz CT molecular complexity index is 1020. The van der Waals surface area contributed by atoms with Crippen molar-refractivity contribution in [2.45, 2.75) is 75.2 Å². The van der Waals surface area contributed by atoms with Gasteiger partial charge >= 0.3 is 5.97 Å². The van der Waals surface area contributed by atoms with E-state index in [1.54, 1.807) is 6.26 Å². The third kappa shape index (κ3) is 13.6. The number of amides is 4. The van der Waals surface area contributed by atoms with Crippen LogP contribution in [-0.2, 0) is 24.0 Å². The molecule has 1 saturated heterocycles. The predicted molar refractivity (Wildman–Crippen MR) is 165 cm³/mol. The summed E-state index contributed by atoms with van der Waals surface area (Å²) in [7, 11) is 0. The highest BCUT2D eigenvalue weighted by Crippen LogP contribution is 2.20. The number of likely N-dealkylation sites (tertiary alicyclic amines) is 1. The fourth-order valence-corrected chi connectivity index (χ4v) is 4.94. The highest BCUT2D eigenvalue weighted by Gasteiger charge is 2.39. The number of carboxylic acids is 1. The number of nitrogens with two attached hydrogens (primary N) is 3. The molecule has 1 fully saturated rings. The van der Waals surface area contributed by atoms with Crippen LogP contribution in [0, 0.1) is 10.8 Å². The summed E-state index contributed by atoms with van der Waals surface area (Å²) in [5, 5.41) is 46.3. The number of hydrogen-bond acceptors (Lipinski definition) is 10. The lowest BCUT2D eigenvalue weighted by atomic mass is 10.1. The molecule has 1 aliphatic heterocycles. The molecule has 5 atom stereocenters. The molecule has 4 amide bonds. The van der Waals surface area contributed by atoms with E-state index >= 15 is 0 Å². The van der Waals surface area contributed by atoms with Crippen LogP contribution in [0.4, 0.5) is 0 Å². The molecule has 0 aromatic rings. The Labute approximate surface area is 260 Å². The monoisotopic (exact) mass is 645 g/mol. The van der Waals surface area contributed by atoms with Crippen molar-refractivity contribution in [2.75, 3.05) is 38.2 Å². The second-order valence-corrected chi connectivity index (χ2v) is 11.2. The van der Waals surface area contributed by atoms with Gasteiger partial charge in [-0.05, 0) is 57.0 Å². The smallest absolute Gasteiger partial charge is 0.326 e. The highest BCUT2D eigenvalue weighted by atomic mass is 32.2. The number of guanidine groups is 2. The molecular weight excluding hydrogens is 598 g/mol. The van der Waals surface area contributed by atoms with Gasteiger partial charge in [-0.3, -0.25) is 30.0 Å². The number of nitrogens with one attached hydrogen (secondary N) is 7. The molecule has 15 N–H and O–H groups in total. The van der Waals surface area contributed by atoms with Gasteiger partial charge < -0.3 is 58.9 Å². The van der Waals surface area contributed by atoms with Crippen molar-refractivity contribution >= 4 is 53.3 Å². The molecule has 44 heavy (non-hydrogen) atoms. The Kier molecular flexibility index (Phi) is 17.5. The van der Waals surface area contributed by atoms with Gasteiger partial charge in [0.2, 0.25) is 23.6 Å². The van der Waals surface area contributed by atoms with Crippen molar-refractivity contribution in [3.05, 3.63) is 0 Å². The van der Waals surface area contributed by atoms with E-state index < -0.39 is 66.4 Å². The maximum atomic E-state index is 13.7. The fourth-order valence-electron chi connectivity index (χ4n) is 4.47. The lowest BCUT2D eigenvalue weighted by molar-refractivity contribution is -0.144. The topological polar surface area (TPSA) is 315 Å². The Morgan fingerprint density at radius 3 is 2.05 bits per heavy atom. The first-order valence-corrected chi connectivity index (χ1v) is 15.7. The van der Waals surface area contributed by atoms with Crippen LogP contribution in [0.25, 0.3) is 0 Å². The average Bonchev–Trinajstić information content (AvgIpc) is 3.46. The van der Waals surface area contributed by atoms with Crippen molar-refractivity contribution < 1.29 is 34.2 Å². The molecule has 19 heteroatoms. The lowest BCUT2D eigenvalue weighted by Crippen LogP contribution is -2.58.